The summed E-state index contributed by atoms with van der Waals surface area (Å²) in [5, 5.41) is 15.8. The molecule has 9 nitrogen and oxygen atoms in total. The second kappa shape index (κ2) is 6.05. The Bertz CT molecular complexity index is 514. The molecule has 0 aliphatic carbocycles. The summed E-state index contributed by atoms with van der Waals surface area (Å²) < 4.78 is 1.40. The molecular formula is C10H16N8O. The highest BCUT2D eigenvalue weighted by Gasteiger charge is 2.09. The number of rotatable bonds is 6. The first-order chi connectivity index (χ1) is 9.19. The number of anilines is 2. The van der Waals surface area contributed by atoms with Crippen LogP contribution in [0.15, 0.2) is 12.7 Å². The zero-order valence-electron chi connectivity index (χ0n) is 10.6. The van der Waals surface area contributed by atoms with Crippen LogP contribution in [-0.4, -0.2) is 47.5 Å². The summed E-state index contributed by atoms with van der Waals surface area (Å²) in [4.78, 5) is 16.0. The maximum absolute atomic E-state index is 8.79. The van der Waals surface area contributed by atoms with E-state index in [-0.39, 0.29) is 18.6 Å². The molecule has 2 rings (SSSR count). The normalized spacial score (nSPS) is 12.3. The topological polar surface area (TPSA) is 128 Å². The van der Waals surface area contributed by atoms with Gasteiger partial charge in [-0.25, -0.2) is 4.98 Å². The highest BCUT2D eigenvalue weighted by molar-refractivity contribution is 5.35. The average molecular weight is 264 g/mol. The highest BCUT2D eigenvalue weighted by Crippen LogP contribution is 2.08. The Hall–Kier alpha value is -2.29. The van der Waals surface area contributed by atoms with Crippen LogP contribution in [0.3, 0.4) is 0 Å². The van der Waals surface area contributed by atoms with Crippen LogP contribution in [0.25, 0.3) is 5.95 Å². The molecule has 0 saturated heterocycles. The Morgan fingerprint density at radius 3 is 2.95 bits per heavy atom. The molecule has 2 aromatic rings. The van der Waals surface area contributed by atoms with Crippen molar-refractivity contribution in [1.82, 2.24) is 29.7 Å². The van der Waals surface area contributed by atoms with E-state index in [0.717, 1.165) is 6.42 Å². The number of nitrogens with two attached hydrogens (primary N) is 1. The fourth-order valence-electron chi connectivity index (χ4n) is 1.55. The SMILES string of the molecule is CC(CCCO)Nc1nc(N)nc(-n2cncn2)n1. The Morgan fingerprint density at radius 2 is 2.26 bits per heavy atom. The van der Waals surface area contributed by atoms with Crippen molar-refractivity contribution in [3.8, 4) is 5.95 Å². The Kier molecular flexibility index (Phi) is 4.18. The van der Waals surface area contributed by atoms with Gasteiger partial charge in [0.2, 0.25) is 11.9 Å². The van der Waals surface area contributed by atoms with E-state index in [1.54, 1.807) is 0 Å². The van der Waals surface area contributed by atoms with Crippen molar-refractivity contribution < 1.29 is 5.11 Å². The summed E-state index contributed by atoms with van der Waals surface area (Å²) in [5.74, 6) is 0.794. The molecule has 102 valence electrons. The molecule has 1 unspecified atom stereocenters. The molecular weight excluding hydrogens is 248 g/mol. The minimum Gasteiger partial charge on any atom is -0.396 e. The monoisotopic (exact) mass is 264 g/mol. The van der Waals surface area contributed by atoms with Gasteiger partial charge in [-0.05, 0) is 19.8 Å². The molecule has 0 bridgehead atoms. The summed E-state index contributed by atoms with van der Waals surface area (Å²) >= 11 is 0. The van der Waals surface area contributed by atoms with E-state index in [4.69, 9.17) is 10.8 Å². The van der Waals surface area contributed by atoms with Gasteiger partial charge in [-0.15, -0.1) is 0 Å². The van der Waals surface area contributed by atoms with Gasteiger partial charge in [0.05, 0.1) is 0 Å². The first-order valence-corrected chi connectivity index (χ1v) is 5.93. The molecule has 19 heavy (non-hydrogen) atoms. The molecule has 0 aliphatic heterocycles. The number of hydrogen-bond acceptors (Lipinski definition) is 8. The van der Waals surface area contributed by atoms with Crippen molar-refractivity contribution >= 4 is 11.9 Å². The molecule has 0 aliphatic rings. The van der Waals surface area contributed by atoms with E-state index in [1.165, 1.54) is 17.3 Å². The maximum Gasteiger partial charge on any atom is 0.258 e. The zero-order chi connectivity index (χ0) is 13.7. The van der Waals surface area contributed by atoms with Crippen molar-refractivity contribution in [3.05, 3.63) is 12.7 Å². The lowest BCUT2D eigenvalue weighted by atomic mass is 10.2. The van der Waals surface area contributed by atoms with E-state index in [1.807, 2.05) is 6.92 Å². The largest absolute Gasteiger partial charge is 0.396 e. The molecule has 4 N–H and O–H groups in total. The summed E-state index contributed by atoms with van der Waals surface area (Å²) in [5.41, 5.74) is 5.64. The molecule has 1 atom stereocenters. The van der Waals surface area contributed by atoms with Gasteiger partial charge in [0, 0.05) is 12.6 Å². The van der Waals surface area contributed by atoms with Gasteiger partial charge in [-0.3, -0.25) is 0 Å². The summed E-state index contributed by atoms with van der Waals surface area (Å²) in [6.45, 7) is 2.14. The Morgan fingerprint density at radius 1 is 1.42 bits per heavy atom. The van der Waals surface area contributed by atoms with Gasteiger partial charge in [-0.1, -0.05) is 0 Å². The van der Waals surface area contributed by atoms with Crippen molar-refractivity contribution in [2.24, 2.45) is 0 Å². The van der Waals surface area contributed by atoms with Crippen molar-refractivity contribution in [3.63, 3.8) is 0 Å². The second-order valence-corrected chi connectivity index (χ2v) is 4.07. The predicted molar refractivity (Wildman–Crippen MR) is 68.6 cm³/mol. The van der Waals surface area contributed by atoms with Gasteiger partial charge in [0.1, 0.15) is 12.7 Å². The third kappa shape index (κ3) is 3.58. The van der Waals surface area contributed by atoms with E-state index >= 15 is 0 Å². The van der Waals surface area contributed by atoms with Gasteiger partial charge in [0.15, 0.2) is 0 Å². The highest BCUT2D eigenvalue weighted by atomic mass is 16.2. The smallest absolute Gasteiger partial charge is 0.258 e. The van der Waals surface area contributed by atoms with Gasteiger partial charge < -0.3 is 16.2 Å². The van der Waals surface area contributed by atoms with E-state index in [9.17, 15) is 0 Å². The average Bonchev–Trinajstić information content (AvgIpc) is 2.89. The lowest BCUT2D eigenvalue weighted by Gasteiger charge is -2.13. The molecule has 2 heterocycles. The van der Waals surface area contributed by atoms with Crippen LogP contribution >= 0.6 is 0 Å². The van der Waals surface area contributed by atoms with Gasteiger partial charge >= 0.3 is 0 Å². The molecule has 0 radical (unpaired) electrons. The van der Waals surface area contributed by atoms with Crippen molar-refractivity contribution in [1.29, 1.82) is 0 Å². The van der Waals surface area contributed by atoms with Crippen LogP contribution in [0.2, 0.25) is 0 Å². The number of hydrogen-bond donors (Lipinski definition) is 3. The number of nitrogen functional groups attached to an aromatic ring is 1. The molecule has 2 aromatic heterocycles. The zero-order valence-corrected chi connectivity index (χ0v) is 10.6. The molecule has 0 fully saturated rings. The second-order valence-electron chi connectivity index (χ2n) is 4.07. The number of aliphatic hydroxyl groups excluding tert-OH is 1. The Balaban J connectivity index is 2.13. The van der Waals surface area contributed by atoms with Crippen LogP contribution in [0.4, 0.5) is 11.9 Å². The first kappa shape index (κ1) is 13.1. The first-order valence-electron chi connectivity index (χ1n) is 5.93. The third-order valence-corrected chi connectivity index (χ3v) is 2.44. The summed E-state index contributed by atoms with van der Waals surface area (Å²) in [6, 6.07) is 0.123. The number of nitrogens with one attached hydrogen (secondary N) is 1. The predicted octanol–water partition coefficient (Wildman–Crippen LogP) is -0.393. The minimum atomic E-state index is 0.109. The van der Waals surface area contributed by atoms with Crippen LogP contribution in [0, 0.1) is 0 Å². The van der Waals surface area contributed by atoms with Crippen LogP contribution in [-0.2, 0) is 0 Å². The fourth-order valence-corrected chi connectivity index (χ4v) is 1.55. The lowest BCUT2D eigenvalue weighted by Crippen LogP contribution is -2.19. The molecule has 9 heteroatoms. The number of aromatic nitrogens is 6. The molecule has 0 amide bonds. The summed E-state index contributed by atoms with van der Waals surface area (Å²) in [6.07, 6.45) is 4.39. The standard InChI is InChI=1S/C10H16N8O/c1-7(3-2-4-19)14-9-15-8(11)16-10(17-9)18-6-12-5-13-18/h5-7,19H,2-4H2,1H3,(H3,11,14,15,16,17). The number of nitrogens with zero attached hydrogens (tertiary/aromatic N) is 6. The van der Waals surface area contributed by atoms with Crippen LogP contribution in [0.1, 0.15) is 19.8 Å². The van der Waals surface area contributed by atoms with Crippen LogP contribution < -0.4 is 11.1 Å². The van der Waals surface area contributed by atoms with Crippen molar-refractivity contribution in [2.45, 2.75) is 25.8 Å². The molecule has 0 spiro atoms. The third-order valence-electron chi connectivity index (χ3n) is 2.44. The minimum absolute atomic E-state index is 0.109. The Labute approximate surface area is 109 Å². The quantitative estimate of drug-likeness (QED) is 0.643. The lowest BCUT2D eigenvalue weighted by molar-refractivity contribution is 0.282. The van der Waals surface area contributed by atoms with Gasteiger partial charge in [0.25, 0.3) is 5.95 Å². The van der Waals surface area contributed by atoms with Crippen LogP contribution in [0.5, 0.6) is 0 Å². The van der Waals surface area contributed by atoms with Gasteiger partial charge in [-0.2, -0.15) is 24.7 Å². The van der Waals surface area contributed by atoms with E-state index in [2.05, 4.69) is 30.4 Å². The van der Waals surface area contributed by atoms with E-state index in [0.29, 0.717) is 18.3 Å². The van der Waals surface area contributed by atoms with E-state index < -0.39 is 0 Å². The van der Waals surface area contributed by atoms with Crippen molar-refractivity contribution in [2.75, 3.05) is 17.7 Å². The fraction of sp³-hybridized carbons (Fsp3) is 0.500. The molecule has 0 aromatic carbocycles. The molecule has 0 saturated carbocycles. The maximum atomic E-state index is 8.79. The summed E-state index contributed by atoms with van der Waals surface area (Å²) in [7, 11) is 0. The number of aliphatic hydroxyl groups is 1.